The summed E-state index contributed by atoms with van der Waals surface area (Å²) >= 11 is 3.41. The first-order valence-electron chi connectivity index (χ1n) is 31.7. The molecular formula is C80H45B3N2O7S2. The first-order chi connectivity index (χ1) is 46.5. The molecule has 6 aliphatic rings. The van der Waals surface area contributed by atoms with E-state index in [1.54, 1.807) is 23.9 Å². The molecule has 0 fully saturated rings. The van der Waals surface area contributed by atoms with Crippen molar-refractivity contribution >= 4 is 182 Å². The van der Waals surface area contributed by atoms with Gasteiger partial charge in [0.2, 0.25) is 0 Å². The Bertz CT molecular complexity index is 5830. The Morgan fingerprint density at radius 1 is 0.266 bits per heavy atom. The van der Waals surface area contributed by atoms with Crippen molar-refractivity contribution in [1.82, 2.24) is 0 Å². The van der Waals surface area contributed by atoms with Crippen LogP contribution in [0.2, 0.25) is 0 Å². The normalized spacial score (nSPS) is 14.0. The Morgan fingerprint density at radius 2 is 0.606 bits per heavy atom. The van der Waals surface area contributed by atoms with E-state index in [-0.39, 0.29) is 20.1 Å². The minimum Gasteiger partial charge on any atom is -0.458 e. The van der Waals surface area contributed by atoms with E-state index in [1.807, 2.05) is 30.3 Å². The van der Waals surface area contributed by atoms with E-state index < -0.39 is 0 Å². The fourth-order valence-electron chi connectivity index (χ4n) is 16.6. The average molecular weight is 1240 g/mol. The number of hydrogen-bond acceptors (Lipinski definition) is 11. The molecule has 94 heavy (non-hydrogen) atoms. The number of anilines is 4. The zero-order valence-corrected chi connectivity index (χ0v) is 52.0. The maximum Gasteiger partial charge on any atom is 0.260 e. The third-order valence-corrected chi connectivity index (χ3v) is 22.0. The van der Waals surface area contributed by atoms with Crippen LogP contribution < -0.4 is 76.7 Å². The molecule has 0 N–H and O–H groups in total. The number of hydrogen-bond donors (Lipinski definition) is 0. The van der Waals surface area contributed by atoms with E-state index in [9.17, 15) is 0 Å². The molecular weight excluding hydrogens is 1200 g/mol. The van der Waals surface area contributed by atoms with Gasteiger partial charge >= 0.3 is 0 Å². The summed E-state index contributed by atoms with van der Waals surface area (Å²) in [6, 6.07) is 84.2. The van der Waals surface area contributed by atoms with E-state index in [4.69, 9.17) is 32.2 Å². The predicted molar refractivity (Wildman–Crippen MR) is 389 cm³/mol. The van der Waals surface area contributed by atoms with Crippen LogP contribution in [0.25, 0.3) is 99.2 Å². The monoisotopic (exact) mass is 1240 g/mol. The highest BCUT2D eigenvalue weighted by Crippen LogP contribution is 2.50. The van der Waals surface area contributed by atoms with E-state index in [2.05, 4.69) is 227 Å². The van der Waals surface area contributed by atoms with Crippen molar-refractivity contribution in [3.05, 3.63) is 237 Å². The van der Waals surface area contributed by atoms with E-state index >= 15 is 0 Å². The lowest BCUT2D eigenvalue weighted by molar-refractivity contribution is 0.464. The smallest absolute Gasteiger partial charge is 0.260 e. The Hall–Kier alpha value is -11.0. The zero-order chi connectivity index (χ0) is 61.3. The number of nitrogens with zero attached hydrogens (tertiary/aromatic N) is 2. The quantitative estimate of drug-likeness (QED) is 0.122. The first kappa shape index (κ1) is 51.6. The second-order valence-electron chi connectivity index (χ2n) is 25.2. The van der Waals surface area contributed by atoms with Crippen LogP contribution in [0.1, 0.15) is 0 Å². The molecule has 9 heterocycles. The van der Waals surface area contributed by atoms with Gasteiger partial charge < -0.3 is 32.2 Å². The number of ether oxygens (including phenoxy) is 4. The molecule has 0 radical (unpaired) electrons. The Morgan fingerprint density at radius 3 is 1.01 bits per heavy atom. The second kappa shape index (κ2) is 18.8. The zero-order valence-electron chi connectivity index (χ0n) is 50.3. The van der Waals surface area contributed by atoms with Crippen molar-refractivity contribution in [2.45, 2.75) is 0 Å². The fraction of sp³-hybridized carbons (Fsp3) is 0.0250. The molecule has 0 atom stereocenters. The van der Waals surface area contributed by atoms with Crippen LogP contribution in [0.3, 0.4) is 0 Å². The standard InChI is InChI=1S/C80H45B3N2O7S2/c1-93-84-60-40-69-58(81-54-25-6-11-30-67(54)86-71-34-43(36-73(88-69)76(71)81)46-20-14-23-52-49-17-4-9-28-65(49)91-79(46)52)38-56(60)83-57-39-59-70(41-61(57)85(94-2)63-33-42(32-62(84)75(63)83)45-19-13-22-51-48-16-3-8-27-64(48)90-78(45)51)89-74-37-44(35-72-77(74)82(59)55-26-7-12-31-68(55)87-72)47-21-15-24-53-50-18-5-10-29-66(50)92-80(47)53/h3-41H,1-2H3. The van der Waals surface area contributed by atoms with Gasteiger partial charge in [0.1, 0.15) is 79.5 Å². The third kappa shape index (κ3) is 6.90. The minimum absolute atomic E-state index is 0.213. The van der Waals surface area contributed by atoms with Crippen molar-refractivity contribution in [2.75, 3.05) is 21.1 Å². The average Bonchev–Trinajstić information content (AvgIpc) is 0.827. The number of para-hydroxylation sites is 8. The number of rotatable bonds is 5. The van der Waals surface area contributed by atoms with Crippen LogP contribution in [0.15, 0.2) is 250 Å². The van der Waals surface area contributed by atoms with Gasteiger partial charge in [-0.1, -0.05) is 158 Å². The van der Waals surface area contributed by atoms with E-state index in [1.165, 1.54) is 16.4 Å². The van der Waals surface area contributed by atoms with Gasteiger partial charge in [0.05, 0.1) is 22.7 Å². The fourth-order valence-corrected chi connectivity index (χ4v) is 18.0. The highest BCUT2D eigenvalue weighted by molar-refractivity contribution is 8.00. The SMILES string of the molecule is CSN1c2cc3c(cc2B2c4cc5c(cc4N(SC)c4cc(-c6cccc7c6oc6ccccc67)cc1c42)Oc1cc(-c2cccc4c2oc2ccccc24)cc2c1B5c1ccccc1O2)B1c2ccccc2Oc2cc(-c4cccc5c4oc4ccccc45)cc(c21)O3. The van der Waals surface area contributed by atoms with E-state index in [0.717, 1.165) is 201 Å². The van der Waals surface area contributed by atoms with Gasteiger partial charge in [-0.05, 0) is 146 Å². The summed E-state index contributed by atoms with van der Waals surface area (Å²) in [5, 5.41) is 6.45. The third-order valence-electron chi connectivity index (χ3n) is 20.5. The van der Waals surface area contributed by atoms with Gasteiger partial charge in [0.25, 0.3) is 20.1 Å². The van der Waals surface area contributed by atoms with Crippen LogP contribution in [-0.4, -0.2) is 32.6 Å². The number of benzene rings is 13. The molecule has 13 aromatic carbocycles. The highest BCUT2D eigenvalue weighted by atomic mass is 32.2. The van der Waals surface area contributed by atoms with Crippen molar-refractivity contribution in [3.63, 3.8) is 0 Å². The molecule has 3 aromatic heterocycles. The molecule has 438 valence electrons. The van der Waals surface area contributed by atoms with Crippen molar-refractivity contribution < 1.29 is 32.2 Å². The van der Waals surface area contributed by atoms with Crippen molar-refractivity contribution in [1.29, 1.82) is 0 Å². The summed E-state index contributed by atoms with van der Waals surface area (Å²) in [4.78, 5) is 0. The van der Waals surface area contributed by atoms with Gasteiger partial charge in [0.15, 0.2) is 0 Å². The lowest BCUT2D eigenvalue weighted by Gasteiger charge is -2.44. The molecule has 22 rings (SSSR count). The van der Waals surface area contributed by atoms with Gasteiger partial charge in [-0.3, -0.25) is 8.61 Å². The largest absolute Gasteiger partial charge is 0.458 e. The van der Waals surface area contributed by atoms with Crippen LogP contribution >= 0.6 is 23.9 Å². The predicted octanol–water partition coefficient (Wildman–Crippen LogP) is 15.8. The van der Waals surface area contributed by atoms with Gasteiger partial charge in [-0.25, -0.2) is 0 Å². The highest BCUT2D eigenvalue weighted by Gasteiger charge is 2.49. The Kier molecular flexibility index (Phi) is 10.3. The first-order valence-corrected chi connectivity index (χ1v) is 34.0. The van der Waals surface area contributed by atoms with E-state index in [0.29, 0.717) is 0 Å². The summed E-state index contributed by atoms with van der Waals surface area (Å²) in [5.74, 6) is 6.26. The van der Waals surface area contributed by atoms with Crippen LogP contribution in [0.5, 0.6) is 46.0 Å². The molecule has 0 spiro atoms. The number of furan rings is 3. The van der Waals surface area contributed by atoms with Crippen molar-refractivity contribution in [2.24, 2.45) is 0 Å². The number of fused-ring (bicyclic) bond motifs is 21. The Labute approximate surface area is 547 Å². The molecule has 9 nitrogen and oxygen atoms in total. The molecule has 14 heteroatoms. The summed E-state index contributed by atoms with van der Waals surface area (Å²) in [6.07, 6.45) is 4.36. The lowest BCUT2D eigenvalue weighted by Crippen LogP contribution is -2.65. The summed E-state index contributed by atoms with van der Waals surface area (Å²) in [7, 11) is 0. The molecule has 0 unspecified atom stereocenters. The second-order valence-corrected chi connectivity index (χ2v) is 26.6. The molecule has 0 aliphatic carbocycles. The van der Waals surface area contributed by atoms with Crippen molar-refractivity contribution in [3.8, 4) is 79.4 Å². The molecule has 0 saturated carbocycles. The summed E-state index contributed by atoms with van der Waals surface area (Å²) < 4.78 is 54.0. The van der Waals surface area contributed by atoms with Gasteiger partial charge in [-0.2, -0.15) is 0 Å². The van der Waals surface area contributed by atoms with Crippen LogP contribution in [-0.2, 0) is 0 Å². The maximum atomic E-state index is 7.45. The van der Waals surface area contributed by atoms with Gasteiger partial charge in [-0.15, -0.1) is 0 Å². The molecule has 0 saturated heterocycles. The maximum absolute atomic E-state index is 7.45. The van der Waals surface area contributed by atoms with Crippen LogP contribution in [0.4, 0.5) is 22.7 Å². The molecule has 16 aromatic rings. The molecule has 0 amide bonds. The topological polar surface area (TPSA) is 82.8 Å². The van der Waals surface area contributed by atoms with Gasteiger partial charge in [0, 0.05) is 84.6 Å². The lowest BCUT2D eigenvalue weighted by atomic mass is 9.29. The minimum atomic E-state index is -0.251. The molecule has 0 bridgehead atoms. The summed E-state index contributed by atoms with van der Waals surface area (Å²) in [6.45, 7) is -0.676. The summed E-state index contributed by atoms with van der Waals surface area (Å²) in [5.41, 5.74) is 25.2. The van der Waals surface area contributed by atoms with Crippen LogP contribution in [0, 0.1) is 0 Å². The Balaban J connectivity index is 0.774. The molecule has 6 aliphatic heterocycles.